The number of amides is 1. The lowest BCUT2D eigenvalue weighted by molar-refractivity contribution is 0.0786. The van der Waals surface area contributed by atoms with Crippen LogP contribution in [-0.2, 0) is 13.5 Å². The summed E-state index contributed by atoms with van der Waals surface area (Å²) in [6.07, 6.45) is 5.46. The molecule has 1 aliphatic heterocycles. The lowest BCUT2D eigenvalue weighted by Crippen LogP contribution is -2.29. The summed E-state index contributed by atoms with van der Waals surface area (Å²) in [6, 6.07) is 13.5. The summed E-state index contributed by atoms with van der Waals surface area (Å²) in [7, 11) is 1.70. The van der Waals surface area contributed by atoms with Gasteiger partial charge in [0.2, 0.25) is 0 Å². The van der Waals surface area contributed by atoms with Crippen LogP contribution in [0.4, 0.5) is 0 Å². The van der Waals surface area contributed by atoms with Crippen molar-refractivity contribution in [2.75, 3.05) is 13.1 Å². The molecule has 4 heterocycles. The van der Waals surface area contributed by atoms with Gasteiger partial charge in [0.1, 0.15) is 5.69 Å². The fourth-order valence-corrected chi connectivity index (χ4v) is 4.02. The number of hydrogen-bond donors (Lipinski definition) is 0. The van der Waals surface area contributed by atoms with Crippen LogP contribution in [0, 0.1) is 0 Å². The van der Waals surface area contributed by atoms with Gasteiger partial charge in [-0.2, -0.15) is 5.10 Å². The second-order valence-electron chi connectivity index (χ2n) is 7.77. The molecule has 1 aromatic carbocycles. The number of hydrogen-bond acceptors (Lipinski definition) is 5. The fraction of sp³-hybridized carbons (Fsp3) is 0.261. The zero-order chi connectivity index (χ0) is 21.4. The smallest absolute Gasteiger partial charge is 0.257 e. The Morgan fingerprint density at radius 1 is 1.03 bits per heavy atom. The number of aromatic nitrogens is 5. The van der Waals surface area contributed by atoms with Crippen LogP contribution >= 0.6 is 0 Å². The highest BCUT2D eigenvalue weighted by Gasteiger charge is 2.27. The number of aryl methyl sites for hydroxylation is 1. The van der Waals surface area contributed by atoms with E-state index in [1.807, 2.05) is 48.7 Å². The van der Waals surface area contributed by atoms with E-state index in [9.17, 15) is 9.59 Å². The van der Waals surface area contributed by atoms with E-state index in [-0.39, 0.29) is 18.1 Å². The van der Waals surface area contributed by atoms with Crippen LogP contribution in [0.1, 0.15) is 39.3 Å². The van der Waals surface area contributed by atoms with Gasteiger partial charge in [-0.15, -0.1) is 5.10 Å². The third-order valence-corrected chi connectivity index (χ3v) is 5.62. The molecule has 4 aromatic rings. The lowest BCUT2D eigenvalue weighted by Gasteiger charge is -2.15. The van der Waals surface area contributed by atoms with E-state index in [1.54, 1.807) is 16.5 Å². The maximum absolute atomic E-state index is 13.1. The third-order valence-electron chi connectivity index (χ3n) is 5.62. The van der Waals surface area contributed by atoms with Gasteiger partial charge in [-0.3, -0.25) is 14.3 Å². The minimum absolute atomic E-state index is 0.117. The van der Waals surface area contributed by atoms with Gasteiger partial charge in [0.25, 0.3) is 5.91 Å². The molecule has 1 saturated heterocycles. The summed E-state index contributed by atoms with van der Waals surface area (Å²) in [5.74, 6) is 0.368. The zero-order valence-electron chi connectivity index (χ0n) is 17.2. The fourth-order valence-electron chi connectivity index (χ4n) is 4.02. The van der Waals surface area contributed by atoms with Gasteiger partial charge in [-0.25, -0.2) is 9.50 Å². The molecule has 1 fully saturated rings. The summed E-state index contributed by atoms with van der Waals surface area (Å²) in [5, 5.41) is 8.72. The van der Waals surface area contributed by atoms with Crippen LogP contribution in [-0.4, -0.2) is 54.1 Å². The third kappa shape index (κ3) is 3.61. The van der Waals surface area contributed by atoms with Crippen molar-refractivity contribution in [3.05, 3.63) is 71.7 Å². The van der Waals surface area contributed by atoms with Crippen molar-refractivity contribution in [1.29, 1.82) is 0 Å². The Bertz CT molecular complexity index is 1270. The van der Waals surface area contributed by atoms with E-state index >= 15 is 0 Å². The summed E-state index contributed by atoms with van der Waals surface area (Å²) in [4.78, 5) is 32.3. The first-order valence-corrected chi connectivity index (χ1v) is 10.4. The topological polar surface area (TPSA) is 85.4 Å². The second-order valence-corrected chi connectivity index (χ2v) is 7.77. The van der Waals surface area contributed by atoms with Crippen LogP contribution in [0.5, 0.6) is 0 Å². The normalized spacial score (nSPS) is 13.8. The molecular formula is C23H22N6O2. The highest BCUT2D eigenvalue weighted by molar-refractivity contribution is 6.07. The van der Waals surface area contributed by atoms with Crippen molar-refractivity contribution in [2.45, 2.75) is 19.3 Å². The molecule has 0 radical (unpaired) electrons. The number of likely N-dealkylation sites (tertiary alicyclic amines) is 1. The molecular weight excluding hydrogens is 392 g/mol. The van der Waals surface area contributed by atoms with Crippen molar-refractivity contribution in [3.63, 3.8) is 0 Å². The number of pyridine rings is 1. The first-order chi connectivity index (χ1) is 15.1. The summed E-state index contributed by atoms with van der Waals surface area (Å²) >= 11 is 0. The van der Waals surface area contributed by atoms with E-state index in [0.717, 1.165) is 37.1 Å². The summed E-state index contributed by atoms with van der Waals surface area (Å²) in [6.45, 7) is 1.46. The van der Waals surface area contributed by atoms with Crippen LogP contribution < -0.4 is 0 Å². The molecule has 0 bridgehead atoms. The first-order valence-electron chi connectivity index (χ1n) is 10.4. The van der Waals surface area contributed by atoms with Crippen molar-refractivity contribution >= 4 is 17.3 Å². The number of benzene rings is 1. The number of ketones is 1. The first kappa shape index (κ1) is 19.2. The largest absolute Gasteiger partial charge is 0.339 e. The van der Waals surface area contributed by atoms with Crippen LogP contribution in [0.3, 0.4) is 0 Å². The highest BCUT2D eigenvalue weighted by Crippen LogP contribution is 2.19. The highest BCUT2D eigenvalue weighted by atomic mass is 16.2. The van der Waals surface area contributed by atoms with Crippen LogP contribution in [0.25, 0.3) is 17.0 Å². The Hall–Kier alpha value is -3.81. The lowest BCUT2D eigenvalue weighted by atomic mass is 10.1. The number of Topliss-reactive ketones (excluding diaryl/α,β-unsaturated/α-hetero) is 1. The minimum Gasteiger partial charge on any atom is -0.339 e. The molecule has 3 aromatic heterocycles. The van der Waals surface area contributed by atoms with Gasteiger partial charge in [-0.05, 0) is 24.5 Å². The van der Waals surface area contributed by atoms with E-state index < -0.39 is 0 Å². The van der Waals surface area contributed by atoms with Crippen molar-refractivity contribution in [2.24, 2.45) is 7.05 Å². The van der Waals surface area contributed by atoms with Gasteiger partial charge in [0.05, 0.1) is 11.8 Å². The summed E-state index contributed by atoms with van der Waals surface area (Å²) in [5.41, 5.74) is 3.16. The number of carbonyl (C=O) groups is 2. The monoisotopic (exact) mass is 414 g/mol. The van der Waals surface area contributed by atoms with Crippen LogP contribution in [0.2, 0.25) is 0 Å². The van der Waals surface area contributed by atoms with Crippen molar-refractivity contribution < 1.29 is 9.59 Å². The van der Waals surface area contributed by atoms with Gasteiger partial charge in [-0.1, -0.05) is 36.4 Å². The van der Waals surface area contributed by atoms with Crippen LogP contribution in [0.15, 0.2) is 54.9 Å². The van der Waals surface area contributed by atoms with Gasteiger partial charge in [0, 0.05) is 38.3 Å². The molecule has 0 atom stereocenters. The Labute approximate surface area is 179 Å². The molecule has 0 saturated carbocycles. The Morgan fingerprint density at radius 3 is 2.58 bits per heavy atom. The molecule has 0 aliphatic carbocycles. The molecule has 5 rings (SSSR count). The van der Waals surface area contributed by atoms with E-state index in [4.69, 9.17) is 0 Å². The number of carbonyl (C=O) groups excluding carboxylic acids is 2. The molecule has 0 unspecified atom stereocenters. The second kappa shape index (κ2) is 7.79. The van der Waals surface area contributed by atoms with Crippen molar-refractivity contribution in [1.82, 2.24) is 29.3 Å². The van der Waals surface area contributed by atoms with Gasteiger partial charge < -0.3 is 4.90 Å². The SMILES string of the molecule is Cn1ncc(C(=O)N2CCCC2)c1C(=O)Cc1ccc2nc(-c3ccccc3)nn2c1. The Morgan fingerprint density at radius 2 is 1.81 bits per heavy atom. The number of fused-ring (bicyclic) bond motifs is 1. The Kier molecular flexibility index (Phi) is 4.82. The van der Waals surface area contributed by atoms with E-state index in [2.05, 4.69) is 15.2 Å². The molecule has 8 nitrogen and oxygen atoms in total. The molecule has 0 spiro atoms. The summed E-state index contributed by atoms with van der Waals surface area (Å²) < 4.78 is 3.18. The maximum Gasteiger partial charge on any atom is 0.257 e. The predicted molar refractivity (Wildman–Crippen MR) is 115 cm³/mol. The van der Waals surface area contributed by atoms with E-state index in [1.165, 1.54) is 10.9 Å². The predicted octanol–water partition coefficient (Wildman–Crippen LogP) is 2.79. The number of nitrogens with zero attached hydrogens (tertiary/aromatic N) is 6. The molecule has 1 amide bonds. The number of rotatable bonds is 5. The quantitative estimate of drug-likeness (QED) is 0.469. The van der Waals surface area contributed by atoms with E-state index in [0.29, 0.717) is 22.7 Å². The average Bonchev–Trinajstić information content (AvgIpc) is 3.53. The maximum atomic E-state index is 13.1. The standard InChI is InChI=1S/C23H22N6O2/c1-27-21(18(14-24-27)23(31)28-11-5-6-12-28)19(30)13-16-9-10-20-25-22(26-29(20)15-16)17-7-3-2-4-8-17/h2-4,7-10,14-15H,5-6,11-13H2,1H3. The molecule has 156 valence electrons. The minimum atomic E-state index is -0.148. The molecule has 0 N–H and O–H groups in total. The zero-order valence-corrected chi connectivity index (χ0v) is 17.2. The Balaban J connectivity index is 1.41. The van der Waals surface area contributed by atoms with Crippen molar-refractivity contribution in [3.8, 4) is 11.4 Å². The van der Waals surface area contributed by atoms with Gasteiger partial charge >= 0.3 is 0 Å². The average molecular weight is 414 g/mol. The molecule has 1 aliphatic rings. The molecule has 31 heavy (non-hydrogen) atoms. The molecule has 8 heteroatoms. The van der Waals surface area contributed by atoms with Gasteiger partial charge in [0.15, 0.2) is 17.3 Å².